The Bertz CT molecular complexity index is 196. The topological polar surface area (TPSA) is 0 Å². The average molecular weight is 134 g/mol. The van der Waals surface area contributed by atoms with Crippen LogP contribution in [0.4, 0.5) is 0 Å². The molecule has 0 radical (unpaired) electrons. The van der Waals surface area contributed by atoms with E-state index >= 15 is 0 Å². The molecule has 0 amide bonds. The Morgan fingerprint density at radius 3 is 2.30 bits per heavy atom. The lowest BCUT2D eigenvalue weighted by Gasteiger charge is -2.29. The minimum atomic E-state index is 1.02. The molecule has 0 heteroatoms. The zero-order valence-corrected chi connectivity index (χ0v) is 6.34. The van der Waals surface area contributed by atoms with Crippen LogP contribution in [0.2, 0.25) is 0 Å². The predicted molar refractivity (Wildman–Crippen MR) is 39.5 cm³/mol. The fourth-order valence-electron chi connectivity index (χ4n) is 4.56. The summed E-state index contributed by atoms with van der Waals surface area (Å²) in [5.74, 6) is 5.00. The zero-order valence-electron chi connectivity index (χ0n) is 6.34. The monoisotopic (exact) mass is 134 g/mol. The molecule has 54 valence electrons. The summed E-state index contributed by atoms with van der Waals surface area (Å²) in [7, 11) is 0. The molecule has 4 unspecified atom stereocenters. The van der Waals surface area contributed by atoms with E-state index in [-0.39, 0.29) is 0 Å². The van der Waals surface area contributed by atoms with Crippen molar-refractivity contribution in [2.75, 3.05) is 0 Å². The second-order valence-electron chi connectivity index (χ2n) is 5.06. The van der Waals surface area contributed by atoms with Gasteiger partial charge in [0.2, 0.25) is 0 Å². The molecule has 0 aromatic rings. The molecule has 10 heavy (non-hydrogen) atoms. The molecule has 1 spiro atoms. The van der Waals surface area contributed by atoms with Crippen LogP contribution < -0.4 is 0 Å². The van der Waals surface area contributed by atoms with Crippen molar-refractivity contribution in [1.29, 1.82) is 0 Å². The van der Waals surface area contributed by atoms with Crippen molar-refractivity contribution in [3.05, 3.63) is 0 Å². The van der Waals surface area contributed by atoms with E-state index in [9.17, 15) is 0 Å². The molecular formula is C10H14. The lowest BCUT2D eigenvalue weighted by molar-refractivity contribution is 0.195. The summed E-state index contributed by atoms with van der Waals surface area (Å²) in [4.78, 5) is 0. The van der Waals surface area contributed by atoms with Crippen LogP contribution in [0.3, 0.4) is 0 Å². The molecule has 0 nitrogen and oxygen atoms in total. The lowest BCUT2D eigenvalue weighted by atomic mass is 9.76. The molecule has 4 aliphatic carbocycles. The molecule has 0 aromatic carbocycles. The highest BCUT2D eigenvalue weighted by atomic mass is 14.8. The maximum atomic E-state index is 1.66. The largest absolute Gasteiger partial charge is 0.0527 e. The standard InChI is InChI=1S/C10H14/c1-2-7-8(3-1)10(7)5-6-4-9(6)10/h6-9H,1-5H2. The Morgan fingerprint density at radius 1 is 1.00 bits per heavy atom. The van der Waals surface area contributed by atoms with Gasteiger partial charge in [-0.15, -0.1) is 0 Å². The van der Waals surface area contributed by atoms with Crippen molar-refractivity contribution in [2.45, 2.75) is 32.1 Å². The fourth-order valence-corrected chi connectivity index (χ4v) is 4.56. The fraction of sp³-hybridized carbons (Fsp3) is 1.00. The summed E-state index contributed by atoms with van der Waals surface area (Å²) in [6, 6.07) is 0. The van der Waals surface area contributed by atoms with Crippen LogP contribution >= 0.6 is 0 Å². The first kappa shape index (κ1) is 4.79. The van der Waals surface area contributed by atoms with Gasteiger partial charge in [0, 0.05) is 0 Å². The molecular weight excluding hydrogens is 120 g/mol. The first-order chi connectivity index (χ1) is 4.93. The Morgan fingerprint density at radius 2 is 1.80 bits per heavy atom. The molecule has 0 bridgehead atoms. The van der Waals surface area contributed by atoms with E-state index in [0.29, 0.717) is 0 Å². The van der Waals surface area contributed by atoms with E-state index in [2.05, 4.69) is 0 Å². The first-order valence-electron chi connectivity index (χ1n) is 4.93. The number of hydrogen-bond donors (Lipinski definition) is 0. The van der Waals surface area contributed by atoms with Crippen LogP contribution in [-0.4, -0.2) is 0 Å². The van der Waals surface area contributed by atoms with Crippen molar-refractivity contribution in [3.8, 4) is 0 Å². The van der Waals surface area contributed by atoms with Crippen LogP contribution in [0.15, 0.2) is 0 Å². The van der Waals surface area contributed by atoms with E-state index < -0.39 is 0 Å². The smallest absolute Gasteiger partial charge is 0.0201 e. The summed E-state index contributed by atoms with van der Waals surface area (Å²) in [5, 5.41) is 0. The van der Waals surface area contributed by atoms with Gasteiger partial charge in [0.15, 0.2) is 0 Å². The lowest BCUT2D eigenvalue weighted by Crippen LogP contribution is -2.22. The zero-order chi connectivity index (χ0) is 6.34. The van der Waals surface area contributed by atoms with E-state index in [4.69, 9.17) is 0 Å². The van der Waals surface area contributed by atoms with Crippen molar-refractivity contribution in [3.63, 3.8) is 0 Å². The van der Waals surface area contributed by atoms with Gasteiger partial charge in [-0.05, 0) is 54.8 Å². The van der Waals surface area contributed by atoms with Crippen molar-refractivity contribution in [2.24, 2.45) is 29.1 Å². The highest BCUT2D eigenvalue weighted by molar-refractivity contribution is 5.28. The summed E-state index contributed by atoms with van der Waals surface area (Å²) in [6.07, 6.45) is 8.07. The normalized spacial score (nSPS) is 74.4. The van der Waals surface area contributed by atoms with Gasteiger partial charge in [-0.2, -0.15) is 0 Å². The Hall–Kier alpha value is 0. The summed E-state index contributed by atoms with van der Waals surface area (Å²) < 4.78 is 0. The van der Waals surface area contributed by atoms with Crippen molar-refractivity contribution in [1.82, 2.24) is 0 Å². The SMILES string of the molecule is C1CC2C(C1)C21CC2CC21. The number of rotatable bonds is 0. The van der Waals surface area contributed by atoms with Gasteiger partial charge < -0.3 is 0 Å². The highest BCUT2D eigenvalue weighted by Gasteiger charge is 2.80. The van der Waals surface area contributed by atoms with Gasteiger partial charge in [0.1, 0.15) is 0 Å². The van der Waals surface area contributed by atoms with Crippen molar-refractivity contribution < 1.29 is 0 Å². The Labute approximate surface area is 62.0 Å². The molecule has 0 aromatic heterocycles. The maximum absolute atomic E-state index is 1.66. The molecule has 4 rings (SSSR count). The third-order valence-electron chi connectivity index (χ3n) is 5.02. The van der Waals surface area contributed by atoms with Gasteiger partial charge in [-0.3, -0.25) is 0 Å². The molecule has 4 aliphatic rings. The molecule has 4 fully saturated rings. The molecule has 4 saturated carbocycles. The molecule has 4 atom stereocenters. The van der Waals surface area contributed by atoms with Gasteiger partial charge in [0.05, 0.1) is 0 Å². The summed E-state index contributed by atoms with van der Waals surface area (Å²) >= 11 is 0. The Kier molecular flexibility index (Phi) is 0.522. The average Bonchev–Trinajstić information content (AvgIpc) is 2.65. The van der Waals surface area contributed by atoms with Gasteiger partial charge in [-0.25, -0.2) is 0 Å². The second kappa shape index (κ2) is 1.09. The van der Waals surface area contributed by atoms with E-state index in [1.54, 1.807) is 32.1 Å². The summed E-state index contributed by atoms with van der Waals surface area (Å²) in [6.45, 7) is 0. The molecule has 0 saturated heterocycles. The van der Waals surface area contributed by atoms with Crippen LogP contribution in [0.5, 0.6) is 0 Å². The Balaban J connectivity index is 1.73. The number of hydrogen-bond acceptors (Lipinski definition) is 0. The molecule has 0 heterocycles. The minimum Gasteiger partial charge on any atom is -0.0527 e. The minimum absolute atomic E-state index is 1.02. The van der Waals surface area contributed by atoms with Crippen molar-refractivity contribution >= 4 is 0 Å². The maximum Gasteiger partial charge on any atom is -0.0201 e. The molecule has 0 aliphatic heterocycles. The van der Waals surface area contributed by atoms with Crippen LogP contribution in [0, 0.1) is 29.1 Å². The number of fused-ring (bicyclic) bond motifs is 5. The summed E-state index contributed by atoms with van der Waals surface area (Å²) in [5.41, 5.74) is 1.02. The third kappa shape index (κ3) is 0.286. The van der Waals surface area contributed by atoms with E-state index in [1.807, 2.05) is 0 Å². The highest BCUT2D eigenvalue weighted by Crippen LogP contribution is 2.86. The third-order valence-corrected chi connectivity index (χ3v) is 5.02. The van der Waals surface area contributed by atoms with E-state index in [1.165, 1.54) is 23.7 Å². The van der Waals surface area contributed by atoms with Gasteiger partial charge in [0.25, 0.3) is 0 Å². The molecule has 0 N–H and O–H groups in total. The predicted octanol–water partition coefficient (Wildman–Crippen LogP) is 2.44. The van der Waals surface area contributed by atoms with Gasteiger partial charge >= 0.3 is 0 Å². The van der Waals surface area contributed by atoms with Crippen LogP contribution in [0.25, 0.3) is 0 Å². The van der Waals surface area contributed by atoms with Crippen LogP contribution in [-0.2, 0) is 0 Å². The second-order valence-corrected chi connectivity index (χ2v) is 5.06. The van der Waals surface area contributed by atoms with Gasteiger partial charge in [-0.1, -0.05) is 6.42 Å². The van der Waals surface area contributed by atoms with Crippen LogP contribution in [0.1, 0.15) is 32.1 Å². The quantitative estimate of drug-likeness (QED) is 0.477. The first-order valence-corrected chi connectivity index (χ1v) is 4.93. The van der Waals surface area contributed by atoms with E-state index in [0.717, 1.165) is 5.41 Å².